The van der Waals surface area contributed by atoms with E-state index >= 15 is 0 Å². The van der Waals surface area contributed by atoms with Crippen LogP contribution in [-0.4, -0.2) is 39.1 Å². The van der Waals surface area contributed by atoms with Gasteiger partial charge in [0.15, 0.2) is 9.84 Å². The number of benzene rings is 1. The fourth-order valence-corrected chi connectivity index (χ4v) is 4.99. The number of sulfone groups is 1. The summed E-state index contributed by atoms with van der Waals surface area (Å²) in [6.45, 7) is 7.70. The number of nitrogens with one attached hydrogen (secondary N) is 1. The molecule has 1 aliphatic heterocycles. The maximum absolute atomic E-state index is 11.7. The number of rotatable bonds is 4. The van der Waals surface area contributed by atoms with Crippen molar-refractivity contribution < 1.29 is 8.42 Å². The van der Waals surface area contributed by atoms with Crippen LogP contribution in [0, 0.1) is 0 Å². The predicted molar refractivity (Wildman–Crippen MR) is 91.7 cm³/mol. The van der Waals surface area contributed by atoms with E-state index in [1.807, 2.05) is 6.92 Å². The third-order valence-electron chi connectivity index (χ3n) is 3.96. The molecule has 0 spiro atoms. The minimum absolute atomic E-state index is 0.0112. The molecule has 2 unspecified atom stereocenters. The molecule has 1 saturated heterocycles. The minimum Gasteiger partial charge on any atom is -0.366 e. The molecule has 1 heterocycles. The Morgan fingerprint density at radius 1 is 1.48 bits per heavy atom. The molecule has 0 aliphatic carbocycles. The van der Waals surface area contributed by atoms with Gasteiger partial charge in [-0.2, -0.15) is 0 Å². The summed E-state index contributed by atoms with van der Waals surface area (Å²) in [6, 6.07) is 6.64. The Bertz CT molecular complexity index is 604. The number of nitrogens with zero attached hydrogens (tertiary/aromatic N) is 1. The maximum Gasteiger partial charge on any atom is 0.154 e. The first-order valence-electron chi connectivity index (χ1n) is 7.34. The molecule has 6 heteroatoms. The van der Waals surface area contributed by atoms with Gasteiger partial charge in [0, 0.05) is 23.1 Å². The molecule has 0 radical (unpaired) electrons. The molecular formula is C15H23BrN2O2S. The van der Waals surface area contributed by atoms with E-state index in [1.54, 1.807) is 0 Å². The lowest BCUT2D eigenvalue weighted by molar-refractivity contribution is 0.568. The highest BCUT2D eigenvalue weighted by molar-refractivity contribution is 9.10. The summed E-state index contributed by atoms with van der Waals surface area (Å²) in [6.07, 6.45) is 0. The lowest BCUT2D eigenvalue weighted by Gasteiger charge is -2.36. The zero-order valence-corrected chi connectivity index (χ0v) is 15.2. The molecule has 1 aliphatic rings. The van der Waals surface area contributed by atoms with Gasteiger partial charge in [-0.1, -0.05) is 13.0 Å². The van der Waals surface area contributed by atoms with Gasteiger partial charge in [0.2, 0.25) is 0 Å². The van der Waals surface area contributed by atoms with E-state index in [9.17, 15) is 8.42 Å². The van der Waals surface area contributed by atoms with Crippen LogP contribution in [0.1, 0.15) is 32.4 Å². The van der Waals surface area contributed by atoms with Gasteiger partial charge >= 0.3 is 0 Å². The molecule has 2 atom stereocenters. The number of hydrogen-bond acceptors (Lipinski definition) is 4. The zero-order chi connectivity index (χ0) is 15.6. The summed E-state index contributed by atoms with van der Waals surface area (Å²) >= 11 is 3.64. The van der Waals surface area contributed by atoms with E-state index in [4.69, 9.17) is 0 Å². The normalized spacial score (nSPS) is 23.0. The lowest BCUT2D eigenvalue weighted by Crippen LogP contribution is -2.47. The molecule has 0 bridgehead atoms. The van der Waals surface area contributed by atoms with Gasteiger partial charge in [0.25, 0.3) is 0 Å². The van der Waals surface area contributed by atoms with Gasteiger partial charge in [0.05, 0.1) is 17.2 Å². The largest absolute Gasteiger partial charge is 0.366 e. The highest BCUT2D eigenvalue weighted by atomic mass is 79.9. The summed E-state index contributed by atoms with van der Waals surface area (Å²) in [5.41, 5.74) is 2.30. The van der Waals surface area contributed by atoms with E-state index < -0.39 is 9.84 Å². The van der Waals surface area contributed by atoms with E-state index in [0.717, 1.165) is 16.7 Å². The molecule has 118 valence electrons. The number of halogens is 1. The van der Waals surface area contributed by atoms with Crippen LogP contribution in [-0.2, 0) is 9.84 Å². The SMILES string of the molecule is CCNC(C)c1ccc(N2CCS(=O)(=O)CC2C)c(Br)c1. The smallest absolute Gasteiger partial charge is 0.154 e. The van der Waals surface area contributed by atoms with Crippen LogP contribution < -0.4 is 10.2 Å². The first-order valence-corrected chi connectivity index (χ1v) is 9.95. The van der Waals surface area contributed by atoms with Crippen molar-refractivity contribution in [1.29, 1.82) is 0 Å². The third-order valence-corrected chi connectivity index (χ3v) is 6.39. The Balaban J connectivity index is 2.21. The van der Waals surface area contributed by atoms with Gasteiger partial charge in [-0.05, 0) is 54.0 Å². The molecule has 0 aromatic heterocycles. The second kappa shape index (κ2) is 6.67. The predicted octanol–water partition coefficient (Wildman–Crippen LogP) is 2.74. The first kappa shape index (κ1) is 16.8. The van der Waals surface area contributed by atoms with Crippen molar-refractivity contribution >= 4 is 31.5 Å². The average molecular weight is 375 g/mol. The van der Waals surface area contributed by atoms with Crippen molar-refractivity contribution in [2.24, 2.45) is 0 Å². The van der Waals surface area contributed by atoms with Gasteiger partial charge in [-0.15, -0.1) is 0 Å². The monoisotopic (exact) mass is 374 g/mol. The van der Waals surface area contributed by atoms with E-state index in [1.165, 1.54) is 5.56 Å². The second-order valence-electron chi connectivity index (χ2n) is 5.65. The minimum atomic E-state index is -2.88. The van der Waals surface area contributed by atoms with Crippen LogP contribution in [0.2, 0.25) is 0 Å². The summed E-state index contributed by atoms with van der Waals surface area (Å²) in [4.78, 5) is 2.17. The molecule has 0 amide bonds. The Hall–Kier alpha value is -0.590. The molecule has 21 heavy (non-hydrogen) atoms. The summed E-state index contributed by atoms with van der Waals surface area (Å²) in [5, 5.41) is 3.39. The van der Waals surface area contributed by atoms with E-state index in [0.29, 0.717) is 12.6 Å². The van der Waals surface area contributed by atoms with Gasteiger partial charge in [-0.3, -0.25) is 0 Å². The Morgan fingerprint density at radius 3 is 2.76 bits per heavy atom. The third kappa shape index (κ3) is 3.99. The van der Waals surface area contributed by atoms with Crippen LogP contribution >= 0.6 is 15.9 Å². The average Bonchev–Trinajstić information content (AvgIpc) is 2.39. The fraction of sp³-hybridized carbons (Fsp3) is 0.600. The molecular weight excluding hydrogens is 352 g/mol. The Kier molecular flexibility index (Phi) is 5.33. The van der Waals surface area contributed by atoms with Gasteiger partial charge in [0.1, 0.15) is 0 Å². The Labute approximate surface area is 136 Å². The molecule has 2 rings (SSSR count). The van der Waals surface area contributed by atoms with Crippen LogP contribution in [0.4, 0.5) is 5.69 Å². The molecule has 1 aromatic carbocycles. The standard InChI is InChI=1S/C15H23BrN2O2S/c1-4-17-12(3)13-5-6-15(14(16)9-13)18-7-8-21(19,20)10-11(18)2/h5-6,9,11-12,17H,4,7-8,10H2,1-3H3. The highest BCUT2D eigenvalue weighted by Crippen LogP contribution is 2.32. The quantitative estimate of drug-likeness (QED) is 0.879. The Morgan fingerprint density at radius 2 is 2.19 bits per heavy atom. The molecule has 1 aromatic rings. The summed E-state index contributed by atoms with van der Waals surface area (Å²) < 4.78 is 24.4. The lowest BCUT2D eigenvalue weighted by atomic mass is 10.1. The van der Waals surface area contributed by atoms with Crippen molar-refractivity contribution in [1.82, 2.24) is 5.32 Å². The highest BCUT2D eigenvalue weighted by Gasteiger charge is 2.29. The molecule has 0 saturated carbocycles. The first-order chi connectivity index (χ1) is 9.84. The van der Waals surface area contributed by atoms with Crippen molar-refractivity contribution in [2.75, 3.05) is 29.5 Å². The second-order valence-corrected chi connectivity index (χ2v) is 8.73. The van der Waals surface area contributed by atoms with Crippen LogP contribution in [0.25, 0.3) is 0 Å². The molecule has 1 N–H and O–H groups in total. The van der Waals surface area contributed by atoms with Crippen molar-refractivity contribution in [3.63, 3.8) is 0 Å². The summed E-state index contributed by atoms with van der Waals surface area (Å²) in [5.74, 6) is 0.467. The summed E-state index contributed by atoms with van der Waals surface area (Å²) in [7, 11) is -2.88. The van der Waals surface area contributed by atoms with Crippen molar-refractivity contribution in [3.8, 4) is 0 Å². The van der Waals surface area contributed by atoms with Crippen LogP contribution in [0.5, 0.6) is 0 Å². The van der Waals surface area contributed by atoms with Gasteiger partial charge in [-0.25, -0.2) is 8.42 Å². The van der Waals surface area contributed by atoms with E-state index in [-0.39, 0.29) is 17.5 Å². The molecule has 4 nitrogen and oxygen atoms in total. The maximum atomic E-state index is 11.7. The fourth-order valence-electron chi connectivity index (χ4n) is 2.81. The molecule has 1 fully saturated rings. The topological polar surface area (TPSA) is 49.4 Å². The number of hydrogen-bond donors (Lipinski definition) is 1. The van der Waals surface area contributed by atoms with Crippen LogP contribution in [0.15, 0.2) is 22.7 Å². The van der Waals surface area contributed by atoms with Crippen LogP contribution in [0.3, 0.4) is 0 Å². The van der Waals surface area contributed by atoms with Crippen molar-refractivity contribution in [3.05, 3.63) is 28.2 Å². The van der Waals surface area contributed by atoms with Gasteiger partial charge < -0.3 is 10.2 Å². The zero-order valence-electron chi connectivity index (χ0n) is 12.8. The number of anilines is 1. The van der Waals surface area contributed by atoms with E-state index in [2.05, 4.69) is 58.2 Å². The van der Waals surface area contributed by atoms with Crippen molar-refractivity contribution in [2.45, 2.75) is 32.9 Å².